The van der Waals surface area contributed by atoms with Crippen molar-refractivity contribution < 1.29 is 9.90 Å². The Morgan fingerprint density at radius 1 is 1.25 bits per heavy atom. The van der Waals surface area contributed by atoms with E-state index < -0.39 is 0 Å². The minimum absolute atomic E-state index is 0.0134. The van der Waals surface area contributed by atoms with Gasteiger partial charge in [-0.05, 0) is 37.4 Å². The molecule has 5 heteroatoms. The Morgan fingerprint density at radius 2 is 1.88 bits per heavy atom. The lowest BCUT2D eigenvalue weighted by Crippen LogP contribution is -2.47. The van der Waals surface area contributed by atoms with Crippen molar-refractivity contribution in [3.05, 3.63) is 35.9 Å². The van der Waals surface area contributed by atoms with Crippen LogP contribution in [0.25, 0.3) is 0 Å². The molecular weight excluding hydrogens is 302 g/mol. The van der Waals surface area contributed by atoms with Gasteiger partial charge in [0.2, 0.25) is 0 Å². The van der Waals surface area contributed by atoms with E-state index in [1.54, 1.807) is 0 Å². The van der Waals surface area contributed by atoms with Gasteiger partial charge in [0.05, 0.1) is 6.04 Å². The number of carbonyl (C=O) groups excluding carboxylic acids is 1. The molecule has 1 aromatic carbocycles. The van der Waals surface area contributed by atoms with E-state index in [0.717, 1.165) is 39.0 Å². The third kappa shape index (κ3) is 4.95. The topological polar surface area (TPSA) is 55.8 Å². The number of likely N-dealkylation sites (N-methyl/N-ethyl adjacent to an activating group) is 1. The molecule has 1 unspecified atom stereocenters. The lowest BCUT2D eigenvalue weighted by molar-refractivity contribution is 0.134. The first-order valence-electron chi connectivity index (χ1n) is 9.12. The van der Waals surface area contributed by atoms with E-state index in [2.05, 4.69) is 36.2 Å². The highest BCUT2D eigenvalue weighted by atomic mass is 16.3. The van der Waals surface area contributed by atoms with E-state index in [1.165, 1.54) is 5.56 Å². The van der Waals surface area contributed by atoms with Crippen LogP contribution in [0.5, 0.6) is 0 Å². The molecule has 1 aliphatic rings. The van der Waals surface area contributed by atoms with Crippen LogP contribution in [0.2, 0.25) is 0 Å². The minimum Gasteiger partial charge on any atom is -0.396 e. The fraction of sp³-hybridized carbons (Fsp3) is 0.632. The molecule has 0 aliphatic carbocycles. The summed E-state index contributed by atoms with van der Waals surface area (Å²) in [7, 11) is 0. The molecule has 1 saturated heterocycles. The molecule has 1 aromatic rings. The molecule has 1 atom stereocenters. The molecule has 5 nitrogen and oxygen atoms in total. The predicted octanol–water partition coefficient (Wildman–Crippen LogP) is 2.48. The standard InChI is InChI=1S/C19H31N3O2/c1-3-21(4-2)18(17-8-6-5-7-9-17)14-20-19(24)22-12-10-16(15-23)11-13-22/h5-9,16,18,23H,3-4,10-15H2,1-2H3,(H,20,24). The third-order valence-electron chi connectivity index (χ3n) is 5.04. The Bertz CT molecular complexity index is 483. The summed E-state index contributed by atoms with van der Waals surface area (Å²) in [6.07, 6.45) is 1.78. The summed E-state index contributed by atoms with van der Waals surface area (Å²) < 4.78 is 0. The lowest BCUT2D eigenvalue weighted by atomic mass is 9.98. The highest BCUT2D eigenvalue weighted by Gasteiger charge is 2.24. The van der Waals surface area contributed by atoms with Gasteiger partial charge in [-0.3, -0.25) is 4.90 Å². The first-order chi connectivity index (χ1) is 11.7. The van der Waals surface area contributed by atoms with Gasteiger partial charge in [0, 0.05) is 26.2 Å². The summed E-state index contributed by atoms with van der Waals surface area (Å²) in [5, 5.41) is 12.3. The molecule has 24 heavy (non-hydrogen) atoms. The lowest BCUT2D eigenvalue weighted by Gasteiger charge is -2.33. The Hall–Kier alpha value is -1.59. The highest BCUT2D eigenvalue weighted by Crippen LogP contribution is 2.20. The Labute approximate surface area is 145 Å². The number of aliphatic hydroxyl groups is 1. The van der Waals surface area contributed by atoms with E-state index in [1.807, 2.05) is 23.1 Å². The summed E-state index contributed by atoms with van der Waals surface area (Å²) in [6, 6.07) is 10.6. The minimum atomic E-state index is 0.0134. The normalized spacial score (nSPS) is 17.1. The summed E-state index contributed by atoms with van der Waals surface area (Å²) in [4.78, 5) is 16.7. The fourth-order valence-electron chi connectivity index (χ4n) is 3.41. The second-order valence-electron chi connectivity index (χ2n) is 6.45. The molecule has 0 saturated carbocycles. The van der Waals surface area contributed by atoms with E-state index >= 15 is 0 Å². The van der Waals surface area contributed by atoms with Crippen LogP contribution in [0.4, 0.5) is 4.79 Å². The number of benzene rings is 1. The van der Waals surface area contributed by atoms with Crippen LogP contribution in [0, 0.1) is 5.92 Å². The molecule has 2 rings (SSSR count). The van der Waals surface area contributed by atoms with E-state index in [-0.39, 0.29) is 18.7 Å². The van der Waals surface area contributed by atoms with Gasteiger partial charge in [-0.15, -0.1) is 0 Å². The van der Waals surface area contributed by atoms with E-state index in [9.17, 15) is 9.90 Å². The average Bonchev–Trinajstić information content (AvgIpc) is 2.65. The van der Waals surface area contributed by atoms with Crippen LogP contribution in [0.15, 0.2) is 30.3 Å². The molecule has 0 radical (unpaired) electrons. The van der Waals surface area contributed by atoms with E-state index in [0.29, 0.717) is 12.5 Å². The number of hydrogen-bond acceptors (Lipinski definition) is 3. The van der Waals surface area contributed by atoms with Gasteiger partial charge >= 0.3 is 6.03 Å². The maximum absolute atomic E-state index is 12.5. The van der Waals surface area contributed by atoms with Gasteiger partial charge in [0.1, 0.15) is 0 Å². The Morgan fingerprint density at radius 3 is 2.42 bits per heavy atom. The molecule has 1 aliphatic heterocycles. The van der Waals surface area contributed by atoms with Crippen LogP contribution in [0.1, 0.15) is 38.3 Å². The number of piperidine rings is 1. The number of nitrogens with one attached hydrogen (secondary N) is 1. The molecule has 0 spiro atoms. The van der Waals surface area contributed by atoms with E-state index in [4.69, 9.17) is 0 Å². The monoisotopic (exact) mass is 333 g/mol. The number of hydrogen-bond donors (Lipinski definition) is 2. The first kappa shape index (κ1) is 18.7. The number of aliphatic hydroxyl groups excluding tert-OH is 1. The van der Waals surface area contributed by atoms with Gasteiger partial charge < -0.3 is 15.3 Å². The van der Waals surface area contributed by atoms with Crippen LogP contribution in [-0.4, -0.2) is 60.3 Å². The zero-order valence-electron chi connectivity index (χ0n) is 14.9. The molecule has 1 fully saturated rings. The fourth-order valence-corrected chi connectivity index (χ4v) is 3.41. The number of carbonyl (C=O) groups is 1. The van der Waals surface area contributed by atoms with Crippen molar-refractivity contribution >= 4 is 6.03 Å². The Kier molecular flexibility index (Phi) is 7.53. The van der Waals surface area contributed by atoms with Gasteiger partial charge in [0.15, 0.2) is 0 Å². The molecule has 134 valence electrons. The van der Waals surface area contributed by atoms with Gasteiger partial charge in [0.25, 0.3) is 0 Å². The summed E-state index contributed by atoms with van der Waals surface area (Å²) in [5.74, 6) is 0.349. The maximum Gasteiger partial charge on any atom is 0.317 e. The predicted molar refractivity (Wildman–Crippen MR) is 96.9 cm³/mol. The van der Waals surface area contributed by atoms with Gasteiger partial charge in [-0.25, -0.2) is 4.79 Å². The maximum atomic E-state index is 12.5. The van der Waals surface area contributed by atoms with Crippen molar-refractivity contribution in [3.63, 3.8) is 0 Å². The van der Waals surface area contributed by atoms with Gasteiger partial charge in [-0.2, -0.15) is 0 Å². The Balaban J connectivity index is 1.94. The van der Waals surface area contributed by atoms with Crippen molar-refractivity contribution in [1.82, 2.24) is 15.1 Å². The smallest absolute Gasteiger partial charge is 0.317 e. The number of urea groups is 1. The van der Waals surface area contributed by atoms with Gasteiger partial charge in [-0.1, -0.05) is 44.2 Å². The average molecular weight is 333 g/mol. The SMILES string of the molecule is CCN(CC)C(CNC(=O)N1CCC(CO)CC1)c1ccccc1. The third-order valence-corrected chi connectivity index (χ3v) is 5.04. The van der Waals surface area contributed by atoms with Crippen molar-refractivity contribution in [2.45, 2.75) is 32.7 Å². The number of amides is 2. The molecule has 2 amide bonds. The quantitative estimate of drug-likeness (QED) is 0.806. The van der Waals surface area contributed by atoms with Crippen LogP contribution in [-0.2, 0) is 0 Å². The van der Waals surface area contributed by atoms with Crippen molar-refractivity contribution in [3.8, 4) is 0 Å². The first-order valence-corrected chi connectivity index (χ1v) is 9.12. The molecule has 1 heterocycles. The molecular formula is C19H31N3O2. The van der Waals surface area contributed by atoms with Crippen molar-refractivity contribution in [2.75, 3.05) is 39.3 Å². The van der Waals surface area contributed by atoms with Crippen LogP contribution >= 0.6 is 0 Å². The number of rotatable bonds is 7. The largest absolute Gasteiger partial charge is 0.396 e. The summed E-state index contributed by atoms with van der Waals surface area (Å²) in [6.45, 7) is 8.53. The van der Waals surface area contributed by atoms with Crippen LogP contribution < -0.4 is 5.32 Å². The molecule has 0 aromatic heterocycles. The second kappa shape index (κ2) is 9.64. The summed E-state index contributed by atoms with van der Waals surface area (Å²) >= 11 is 0. The molecule has 0 bridgehead atoms. The molecule has 2 N–H and O–H groups in total. The number of nitrogens with zero attached hydrogens (tertiary/aromatic N) is 2. The van der Waals surface area contributed by atoms with Crippen molar-refractivity contribution in [2.24, 2.45) is 5.92 Å². The zero-order chi connectivity index (χ0) is 17.4. The van der Waals surface area contributed by atoms with Crippen molar-refractivity contribution in [1.29, 1.82) is 0 Å². The highest BCUT2D eigenvalue weighted by molar-refractivity contribution is 5.74. The zero-order valence-corrected chi connectivity index (χ0v) is 14.9. The second-order valence-corrected chi connectivity index (χ2v) is 6.45. The summed E-state index contributed by atoms with van der Waals surface area (Å²) in [5.41, 5.74) is 1.24. The number of likely N-dealkylation sites (tertiary alicyclic amines) is 1. The van der Waals surface area contributed by atoms with Crippen LogP contribution in [0.3, 0.4) is 0 Å².